The molecule has 0 bridgehead atoms. The Hall–Kier alpha value is -1.92. The maximum atomic E-state index is 12.3. The zero-order chi connectivity index (χ0) is 19.5. The van der Waals surface area contributed by atoms with Crippen molar-refractivity contribution in [3.63, 3.8) is 0 Å². The molecule has 1 aliphatic heterocycles. The summed E-state index contributed by atoms with van der Waals surface area (Å²) in [5.41, 5.74) is 0.919. The maximum Gasteiger partial charge on any atom is 0.549 e. The molecule has 27 heavy (non-hydrogen) atoms. The van der Waals surface area contributed by atoms with E-state index in [1.54, 1.807) is 12.1 Å². The second kappa shape index (κ2) is 7.99. The van der Waals surface area contributed by atoms with Crippen LogP contribution in [-0.2, 0) is 14.2 Å². The highest BCUT2D eigenvalue weighted by atomic mass is 16.6. The lowest BCUT2D eigenvalue weighted by molar-refractivity contribution is -0.852. The Balaban J connectivity index is 1.98. The number of rotatable bonds is 6. The van der Waals surface area contributed by atoms with Crippen molar-refractivity contribution in [2.45, 2.75) is 52.0 Å². The van der Waals surface area contributed by atoms with Crippen molar-refractivity contribution in [2.24, 2.45) is 5.92 Å². The molecule has 0 radical (unpaired) electrons. The van der Waals surface area contributed by atoms with E-state index in [0.29, 0.717) is 5.92 Å². The van der Waals surface area contributed by atoms with Crippen molar-refractivity contribution >= 4 is 24.5 Å². The molecular formula is C21H30BNO4. The molecule has 146 valence electrons. The van der Waals surface area contributed by atoms with E-state index >= 15 is 0 Å². The quantitative estimate of drug-likeness (QED) is 0.781. The molecule has 6 heteroatoms. The zero-order valence-corrected chi connectivity index (χ0v) is 16.3. The average molecular weight is 371 g/mol. The molecule has 2 aliphatic rings. The van der Waals surface area contributed by atoms with Crippen LogP contribution in [0.4, 0.5) is 0 Å². The molecule has 1 aliphatic carbocycles. The molecule has 1 aromatic rings. The molecule has 1 aromatic carbocycles. The first-order valence-electron chi connectivity index (χ1n) is 10.1. The monoisotopic (exact) mass is 371 g/mol. The summed E-state index contributed by atoms with van der Waals surface area (Å²) in [5.74, 6) is 1.53. The Morgan fingerprint density at radius 2 is 1.96 bits per heavy atom. The van der Waals surface area contributed by atoms with Gasteiger partial charge in [-0.25, -0.2) is 0 Å². The van der Waals surface area contributed by atoms with Gasteiger partial charge in [-0.2, -0.15) is 0 Å². The van der Waals surface area contributed by atoms with Crippen molar-refractivity contribution in [2.75, 3.05) is 13.1 Å². The minimum absolute atomic E-state index is 0.00215. The van der Waals surface area contributed by atoms with E-state index in [-0.39, 0.29) is 29.3 Å². The molecule has 1 saturated heterocycles. The number of ketones is 1. The average Bonchev–Trinajstić information content (AvgIpc) is 2.91. The number of nitrogens with zero attached hydrogens (tertiary/aromatic N) is 1. The molecular weight excluding hydrogens is 341 g/mol. The van der Waals surface area contributed by atoms with Gasteiger partial charge in [0.2, 0.25) is 0 Å². The first-order chi connectivity index (χ1) is 12.9. The van der Waals surface area contributed by atoms with Crippen molar-refractivity contribution < 1.29 is 23.7 Å². The SMILES string of the molecule is CC(=O)C[N+]1([C@@H](C)C2CCCCC2)CC(=O)O[B-]1(O)/C=C/c1ccccc1. The third-order valence-electron chi connectivity index (χ3n) is 6.46. The maximum absolute atomic E-state index is 12.3. The number of hydrogen-bond acceptors (Lipinski definition) is 4. The van der Waals surface area contributed by atoms with E-state index < -0.39 is 12.7 Å². The first kappa shape index (κ1) is 19.8. The van der Waals surface area contributed by atoms with Crippen LogP contribution in [0.1, 0.15) is 51.5 Å². The fraction of sp³-hybridized carbons (Fsp3) is 0.524. The van der Waals surface area contributed by atoms with Gasteiger partial charge in [0.25, 0.3) is 0 Å². The number of carbonyl (C=O) groups excluding carboxylic acids is 2. The molecule has 0 amide bonds. The minimum atomic E-state index is -2.64. The van der Waals surface area contributed by atoms with E-state index in [0.717, 1.165) is 31.2 Å². The molecule has 0 aromatic heterocycles. The van der Waals surface area contributed by atoms with Gasteiger partial charge in [0.1, 0.15) is 13.1 Å². The van der Waals surface area contributed by atoms with Gasteiger partial charge in [-0.05, 0) is 25.3 Å². The summed E-state index contributed by atoms with van der Waals surface area (Å²) in [5, 5.41) is 11.5. The topological polar surface area (TPSA) is 63.6 Å². The molecule has 1 saturated carbocycles. The Morgan fingerprint density at radius 3 is 2.59 bits per heavy atom. The van der Waals surface area contributed by atoms with Gasteiger partial charge in [-0.1, -0.05) is 55.7 Å². The second-order valence-electron chi connectivity index (χ2n) is 8.28. The molecule has 1 N–H and O–H groups in total. The van der Waals surface area contributed by atoms with Crippen molar-refractivity contribution in [3.8, 4) is 0 Å². The molecule has 0 spiro atoms. The molecule has 3 atom stereocenters. The number of carbonyl (C=O) groups is 2. The summed E-state index contributed by atoms with van der Waals surface area (Å²) >= 11 is 0. The fourth-order valence-corrected chi connectivity index (χ4v) is 4.98. The van der Waals surface area contributed by atoms with Gasteiger partial charge in [-0.15, -0.1) is 5.98 Å². The van der Waals surface area contributed by atoms with Gasteiger partial charge in [0.05, 0.1) is 6.04 Å². The first-order valence-corrected chi connectivity index (χ1v) is 10.1. The lowest BCUT2D eigenvalue weighted by Gasteiger charge is -2.54. The van der Waals surface area contributed by atoms with Gasteiger partial charge < -0.3 is 14.1 Å². The Bertz CT molecular complexity index is 716. The van der Waals surface area contributed by atoms with Crippen LogP contribution in [0.25, 0.3) is 6.08 Å². The van der Waals surface area contributed by atoms with Crippen LogP contribution in [0.3, 0.4) is 0 Å². The summed E-state index contributed by atoms with van der Waals surface area (Å²) in [7, 11) is 0. The van der Waals surface area contributed by atoms with Crippen LogP contribution in [0.15, 0.2) is 36.3 Å². The lowest BCUT2D eigenvalue weighted by Crippen LogP contribution is -2.71. The van der Waals surface area contributed by atoms with E-state index in [2.05, 4.69) is 6.92 Å². The molecule has 5 nitrogen and oxygen atoms in total. The summed E-state index contributed by atoms with van der Waals surface area (Å²) in [4.78, 5) is 24.5. The number of hydrogen-bond donors (Lipinski definition) is 1. The Kier molecular flexibility index (Phi) is 5.87. The minimum Gasteiger partial charge on any atom is -0.607 e. The number of Topliss-reactive ketones (excluding diaryl/α,β-unsaturated/α-hetero) is 1. The van der Waals surface area contributed by atoms with Gasteiger partial charge in [0, 0.05) is 12.8 Å². The lowest BCUT2D eigenvalue weighted by atomic mass is 9.63. The third-order valence-corrected chi connectivity index (χ3v) is 6.46. The Labute approximate surface area is 161 Å². The predicted molar refractivity (Wildman–Crippen MR) is 106 cm³/mol. The highest BCUT2D eigenvalue weighted by molar-refractivity contribution is 6.67. The standard InChI is InChI=1S/C21H30BNO4/c1-17(24)15-23(18(2)20-11-7-4-8-12-20)16-21(25)27-22(23,26)14-13-19-9-5-3-6-10-19/h3,5-6,9-10,13-14,18,20,26H,4,7-8,11-12,15-16H2,1-2H3/b14-13+/t18-,22?,23?/m0/s1. The van der Waals surface area contributed by atoms with E-state index in [4.69, 9.17) is 4.65 Å². The third kappa shape index (κ3) is 4.02. The fourth-order valence-electron chi connectivity index (χ4n) is 4.98. The summed E-state index contributed by atoms with van der Waals surface area (Å²) in [6.07, 6.45) is 7.49. The van der Waals surface area contributed by atoms with Crippen LogP contribution >= 0.6 is 0 Å². The van der Waals surface area contributed by atoms with Crippen LogP contribution < -0.4 is 0 Å². The molecule has 1 heterocycles. The summed E-state index contributed by atoms with van der Waals surface area (Å²) < 4.78 is 5.51. The summed E-state index contributed by atoms with van der Waals surface area (Å²) in [6, 6.07) is 9.59. The molecule has 2 fully saturated rings. The second-order valence-corrected chi connectivity index (χ2v) is 8.28. The predicted octanol–water partition coefficient (Wildman–Crippen LogP) is 3.10. The van der Waals surface area contributed by atoms with Gasteiger partial charge in [-0.3, -0.25) is 9.59 Å². The molecule has 3 rings (SSSR count). The highest BCUT2D eigenvalue weighted by Gasteiger charge is 2.59. The van der Waals surface area contributed by atoms with Crippen LogP contribution in [0, 0.1) is 5.92 Å². The van der Waals surface area contributed by atoms with E-state index in [1.807, 2.05) is 30.3 Å². The highest BCUT2D eigenvalue weighted by Crippen LogP contribution is 2.39. The van der Waals surface area contributed by atoms with Crippen molar-refractivity contribution in [1.29, 1.82) is 0 Å². The number of benzene rings is 1. The largest absolute Gasteiger partial charge is 0.607 e. The van der Waals surface area contributed by atoms with Crippen LogP contribution in [0.5, 0.6) is 0 Å². The Morgan fingerprint density at radius 1 is 1.30 bits per heavy atom. The van der Waals surface area contributed by atoms with Gasteiger partial charge in [0.15, 0.2) is 5.78 Å². The van der Waals surface area contributed by atoms with E-state index in [9.17, 15) is 14.6 Å². The summed E-state index contributed by atoms with van der Waals surface area (Å²) in [6.45, 7) is 1.11. The molecule has 2 unspecified atom stereocenters. The zero-order valence-electron chi connectivity index (χ0n) is 16.3. The van der Waals surface area contributed by atoms with Crippen LogP contribution in [-0.4, -0.2) is 47.0 Å². The van der Waals surface area contributed by atoms with Crippen molar-refractivity contribution in [3.05, 3.63) is 41.9 Å². The van der Waals surface area contributed by atoms with E-state index in [1.165, 1.54) is 13.3 Å². The number of quaternary nitrogens is 1. The van der Waals surface area contributed by atoms with Crippen LogP contribution in [0.2, 0.25) is 0 Å². The smallest absolute Gasteiger partial charge is 0.549 e. The van der Waals surface area contributed by atoms with Crippen molar-refractivity contribution in [1.82, 2.24) is 0 Å². The normalized spacial score (nSPS) is 30.4. The van der Waals surface area contributed by atoms with Gasteiger partial charge >= 0.3 is 12.7 Å².